The molecule has 164 valence electrons. The highest BCUT2D eigenvalue weighted by atomic mass is 16.4. The van der Waals surface area contributed by atoms with Crippen molar-refractivity contribution in [3.63, 3.8) is 0 Å². The Labute approximate surface area is 185 Å². The van der Waals surface area contributed by atoms with Crippen molar-refractivity contribution in [1.82, 2.24) is 14.9 Å². The van der Waals surface area contributed by atoms with Crippen molar-refractivity contribution < 1.29 is 13.6 Å². The number of aromatic nitrogens is 2. The van der Waals surface area contributed by atoms with Gasteiger partial charge in [-0.2, -0.15) is 4.98 Å². The monoisotopic (exact) mass is 431 g/mol. The largest absolute Gasteiger partial charge is 0.431 e. The maximum Gasteiger partial charge on any atom is 0.298 e. The van der Waals surface area contributed by atoms with Gasteiger partial charge in [-0.05, 0) is 63.3 Å². The number of hydrogen-bond acceptors (Lipinski definition) is 7. The average Bonchev–Trinajstić information content (AvgIpc) is 3.47. The van der Waals surface area contributed by atoms with Crippen LogP contribution in [0, 0.1) is 0 Å². The number of likely N-dealkylation sites (tertiary alicyclic amines) is 1. The third-order valence-electron chi connectivity index (χ3n) is 5.92. The highest BCUT2D eigenvalue weighted by Gasteiger charge is 2.24. The molecule has 1 aliphatic rings. The van der Waals surface area contributed by atoms with E-state index in [2.05, 4.69) is 32.1 Å². The third-order valence-corrected chi connectivity index (χ3v) is 5.92. The molecule has 0 aliphatic carbocycles. The molecule has 0 atom stereocenters. The molecule has 0 radical (unpaired) electrons. The Bertz CT molecular complexity index is 1220. The number of carbonyl (C=O) groups is 1. The van der Waals surface area contributed by atoms with Crippen LogP contribution in [0.5, 0.6) is 0 Å². The first-order valence-corrected chi connectivity index (χ1v) is 10.7. The first kappa shape index (κ1) is 20.3. The zero-order chi connectivity index (χ0) is 22.1. The Morgan fingerprint density at radius 2 is 1.91 bits per heavy atom. The van der Waals surface area contributed by atoms with Crippen LogP contribution in [0.2, 0.25) is 0 Å². The van der Waals surface area contributed by atoms with E-state index in [1.807, 2.05) is 43.4 Å². The molecule has 0 saturated carbocycles. The molecule has 1 fully saturated rings. The van der Waals surface area contributed by atoms with Crippen LogP contribution in [0.3, 0.4) is 0 Å². The summed E-state index contributed by atoms with van der Waals surface area (Å²) < 4.78 is 11.6. The summed E-state index contributed by atoms with van der Waals surface area (Å²) in [6, 6.07) is 15.9. The zero-order valence-corrected chi connectivity index (χ0v) is 18.1. The molecule has 8 heteroatoms. The Hall–Kier alpha value is -3.65. The van der Waals surface area contributed by atoms with E-state index in [0.717, 1.165) is 31.5 Å². The summed E-state index contributed by atoms with van der Waals surface area (Å²) in [5.41, 5.74) is 2.81. The maximum atomic E-state index is 12.6. The van der Waals surface area contributed by atoms with Gasteiger partial charge >= 0.3 is 0 Å². The minimum absolute atomic E-state index is 0.145. The van der Waals surface area contributed by atoms with Crippen LogP contribution in [-0.2, 0) is 0 Å². The quantitative estimate of drug-likeness (QED) is 0.505. The fourth-order valence-corrected chi connectivity index (χ4v) is 3.97. The molecule has 8 nitrogen and oxygen atoms in total. The molecule has 1 saturated heterocycles. The molecule has 1 aliphatic heterocycles. The van der Waals surface area contributed by atoms with Crippen LogP contribution in [-0.4, -0.2) is 54.0 Å². The summed E-state index contributed by atoms with van der Waals surface area (Å²) in [7, 11) is 4.17. The SMILES string of the molecule is CN1CCC(N(C)c2nc3cc(NC(=O)c4cnc(-c5ccccc5)o4)ccc3o2)CC1. The van der Waals surface area contributed by atoms with Crippen LogP contribution < -0.4 is 10.2 Å². The summed E-state index contributed by atoms with van der Waals surface area (Å²) in [5, 5.41) is 2.85. The number of anilines is 2. The molecule has 2 aromatic heterocycles. The highest BCUT2D eigenvalue weighted by molar-refractivity contribution is 6.03. The van der Waals surface area contributed by atoms with Gasteiger partial charge < -0.3 is 24.0 Å². The predicted octanol–water partition coefficient (Wildman–Crippen LogP) is 4.27. The van der Waals surface area contributed by atoms with Crippen LogP contribution in [0.4, 0.5) is 11.7 Å². The van der Waals surface area contributed by atoms with E-state index in [0.29, 0.717) is 34.7 Å². The third kappa shape index (κ3) is 4.09. The molecule has 1 N–H and O–H groups in total. The van der Waals surface area contributed by atoms with E-state index < -0.39 is 0 Å². The lowest BCUT2D eigenvalue weighted by molar-refractivity contribution is 0.0997. The molecular weight excluding hydrogens is 406 g/mol. The minimum atomic E-state index is -0.369. The molecule has 1 amide bonds. The van der Waals surface area contributed by atoms with Crippen molar-refractivity contribution in [3.05, 3.63) is 60.5 Å². The topological polar surface area (TPSA) is 87.6 Å². The number of hydrogen-bond donors (Lipinski definition) is 1. The average molecular weight is 431 g/mol. The van der Waals surface area contributed by atoms with Crippen molar-refractivity contribution in [1.29, 1.82) is 0 Å². The number of oxazole rings is 2. The molecule has 32 heavy (non-hydrogen) atoms. The summed E-state index contributed by atoms with van der Waals surface area (Å²) in [5.74, 6) is 0.183. The first-order valence-electron chi connectivity index (χ1n) is 10.7. The van der Waals surface area contributed by atoms with Gasteiger partial charge in [0, 0.05) is 24.3 Å². The fourth-order valence-electron chi connectivity index (χ4n) is 3.97. The van der Waals surface area contributed by atoms with Gasteiger partial charge in [0.25, 0.3) is 11.9 Å². The second-order valence-electron chi connectivity index (χ2n) is 8.17. The second-order valence-corrected chi connectivity index (χ2v) is 8.17. The van der Waals surface area contributed by atoms with Crippen molar-refractivity contribution >= 4 is 28.7 Å². The second kappa shape index (κ2) is 8.47. The van der Waals surface area contributed by atoms with Gasteiger partial charge in [-0.15, -0.1) is 0 Å². The number of piperidine rings is 1. The van der Waals surface area contributed by atoms with E-state index >= 15 is 0 Å². The Kier molecular flexibility index (Phi) is 5.36. The van der Waals surface area contributed by atoms with E-state index in [-0.39, 0.29) is 11.7 Å². The van der Waals surface area contributed by atoms with Crippen LogP contribution >= 0.6 is 0 Å². The molecular formula is C24H25N5O3. The first-order chi connectivity index (χ1) is 15.6. The lowest BCUT2D eigenvalue weighted by Crippen LogP contribution is -2.42. The smallest absolute Gasteiger partial charge is 0.298 e. The summed E-state index contributed by atoms with van der Waals surface area (Å²) in [6.45, 7) is 2.14. The van der Waals surface area contributed by atoms with Gasteiger partial charge in [0.05, 0.1) is 6.20 Å². The number of nitrogens with zero attached hydrogens (tertiary/aromatic N) is 4. The van der Waals surface area contributed by atoms with E-state index in [4.69, 9.17) is 8.83 Å². The minimum Gasteiger partial charge on any atom is -0.431 e. The summed E-state index contributed by atoms with van der Waals surface area (Å²) in [6.07, 6.45) is 3.59. The predicted molar refractivity (Wildman–Crippen MR) is 123 cm³/mol. The Morgan fingerprint density at radius 3 is 2.69 bits per heavy atom. The van der Waals surface area contributed by atoms with E-state index in [1.165, 1.54) is 6.20 Å². The maximum absolute atomic E-state index is 12.6. The highest BCUT2D eigenvalue weighted by Crippen LogP contribution is 2.27. The van der Waals surface area contributed by atoms with Crippen LogP contribution in [0.25, 0.3) is 22.6 Å². The van der Waals surface area contributed by atoms with Crippen molar-refractivity contribution in [2.75, 3.05) is 37.4 Å². The van der Waals surface area contributed by atoms with Crippen molar-refractivity contribution in [2.45, 2.75) is 18.9 Å². The molecule has 2 aromatic carbocycles. The summed E-state index contributed by atoms with van der Waals surface area (Å²) >= 11 is 0. The zero-order valence-electron chi connectivity index (χ0n) is 18.1. The molecule has 0 bridgehead atoms. The molecule has 5 rings (SSSR count). The van der Waals surface area contributed by atoms with Gasteiger partial charge in [-0.25, -0.2) is 4.98 Å². The summed E-state index contributed by atoms with van der Waals surface area (Å²) in [4.78, 5) is 25.9. The van der Waals surface area contributed by atoms with Gasteiger partial charge in [-0.3, -0.25) is 4.79 Å². The number of carbonyl (C=O) groups excluding carboxylic acids is 1. The van der Waals surface area contributed by atoms with E-state index in [9.17, 15) is 4.79 Å². The van der Waals surface area contributed by atoms with Crippen molar-refractivity contribution in [3.8, 4) is 11.5 Å². The fraction of sp³-hybridized carbons (Fsp3) is 0.292. The number of amides is 1. The van der Waals surface area contributed by atoms with Gasteiger partial charge in [-0.1, -0.05) is 18.2 Å². The lowest BCUT2D eigenvalue weighted by Gasteiger charge is -2.34. The molecule has 3 heterocycles. The van der Waals surface area contributed by atoms with E-state index in [1.54, 1.807) is 12.1 Å². The number of rotatable bonds is 5. The standard InChI is InChI=1S/C24H25N5O3/c1-28-12-10-18(11-13-28)29(2)24-27-19-14-17(8-9-20(19)32-24)26-22(30)21-15-25-23(31-21)16-6-4-3-5-7-16/h3-9,14-15,18H,10-13H2,1-2H3,(H,26,30). The Morgan fingerprint density at radius 1 is 1.12 bits per heavy atom. The van der Waals surface area contributed by atoms with Crippen LogP contribution in [0.1, 0.15) is 23.4 Å². The normalized spacial score (nSPS) is 15.2. The lowest BCUT2D eigenvalue weighted by atomic mass is 10.0. The van der Waals surface area contributed by atoms with Gasteiger partial charge in [0.15, 0.2) is 5.58 Å². The van der Waals surface area contributed by atoms with Crippen molar-refractivity contribution in [2.24, 2.45) is 0 Å². The molecule has 0 spiro atoms. The molecule has 0 unspecified atom stereocenters. The molecule has 4 aromatic rings. The van der Waals surface area contributed by atoms with Gasteiger partial charge in [0.2, 0.25) is 11.7 Å². The van der Waals surface area contributed by atoms with Crippen LogP contribution in [0.15, 0.2) is 63.6 Å². The number of fused-ring (bicyclic) bond motifs is 1. The number of nitrogens with one attached hydrogen (secondary N) is 1. The Balaban J connectivity index is 1.30. The van der Waals surface area contributed by atoms with Gasteiger partial charge in [0.1, 0.15) is 5.52 Å². The number of benzene rings is 2.